The van der Waals surface area contributed by atoms with Gasteiger partial charge in [-0.15, -0.1) is 0 Å². The molecule has 6 heteroatoms. The lowest BCUT2D eigenvalue weighted by atomic mass is 9.91. The van der Waals surface area contributed by atoms with Crippen LogP contribution in [0.3, 0.4) is 0 Å². The molecular formula is C22H26F2N2O2. The van der Waals surface area contributed by atoms with Gasteiger partial charge in [-0.2, -0.15) is 0 Å². The van der Waals surface area contributed by atoms with Gasteiger partial charge in [0.1, 0.15) is 5.56 Å². The van der Waals surface area contributed by atoms with Crippen LogP contribution in [0.15, 0.2) is 29.1 Å². The number of pyridine rings is 1. The predicted octanol–water partition coefficient (Wildman–Crippen LogP) is 3.77. The molecule has 1 amide bonds. The van der Waals surface area contributed by atoms with E-state index in [1.807, 2.05) is 13.8 Å². The standard InChI is InChI=1S/C22H26F2N2O2/c1-14-11-18(21(27)25(3)15(14)2)22(28)26-10-4-5-17(13-26)7-6-16-8-9-19(23)20(24)12-16/h8-9,11-12,17H,4-7,10,13H2,1-3H3. The van der Waals surface area contributed by atoms with Gasteiger partial charge >= 0.3 is 0 Å². The number of aryl methyl sites for hydroxylation is 2. The normalized spacial score (nSPS) is 17.0. The predicted molar refractivity (Wildman–Crippen MR) is 104 cm³/mol. The van der Waals surface area contributed by atoms with Gasteiger partial charge < -0.3 is 9.47 Å². The van der Waals surface area contributed by atoms with Gasteiger partial charge in [0.25, 0.3) is 11.5 Å². The maximum Gasteiger partial charge on any atom is 0.263 e. The number of piperidine rings is 1. The van der Waals surface area contributed by atoms with E-state index < -0.39 is 11.6 Å². The average Bonchev–Trinajstić information content (AvgIpc) is 2.69. The summed E-state index contributed by atoms with van der Waals surface area (Å²) in [5.41, 5.74) is 2.47. The first-order valence-corrected chi connectivity index (χ1v) is 9.68. The fraction of sp³-hybridized carbons (Fsp3) is 0.455. The van der Waals surface area contributed by atoms with Crippen LogP contribution in [0.4, 0.5) is 8.78 Å². The van der Waals surface area contributed by atoms with E-state index in [-0.39, 0.29) is 22.9 Å². The monoisotopic (exact) mass is 388 g/mol. The molecule has 1 saturated heterocycles. The van der Waals surface area contributed by atoms with Gasteiger partial charge in [-0.3, -0.25) is 9.59 Å². The summed E-state index contributed by atoms with van der Waals surface area (Å²) < 4.78 is 28.0. The highest BCUT2D eigenvalue weighted by atomic mass is 19.2. The Balaban J connectivity index is 1.68. The third-order valence-electron chi connectivity index (χ3n) is 5.83. The number of likely N-dealkylation sites (tertiary alicyclic amines) is 1. The van der Waals surface area contributed by atoms with E-state index in [0.29, 0.717) is 19.5 Å². The zero-order chi connectivity index (χ0) is 20.4. The summed E-state index contributed by atoms with van der Waals surface area (Å²) >= 11 is 0. The quantitative estimate of drug-likeness (QED) is 0.800. The molecule has 2 heterocycles. The van der Waals surface area contributed by atoms with E-state index in [0.717, 1.165) is 42.1 Å². The summed E-state index contributed by atoms with van der Waals surface area (Å²) in [4.78, 5) is 27.2. The molecular weight excluding hydrogens is 362 g/mol. The van der Waals surface area contributed by atoms with E-state index in [9.17, 15) is 18.4 Å². The molecule has 1 aromatic heterocycles. The molecule has 1 atom stereocenters. The second kappa shape index (κ2) is 8.25. The number of aromatic nitrogens is 1. The number of amides is 1. The molecule has 28 heavy (non-hydrogen) atoms. The summed E-state index contributed by atoms with van der Waals surface area (Å²) in [5, 5.41) is 0. The van der Waals surface area contributed by atoms with Gasteiger partial charge in [0, 0.05) is 25.8 Å². The minimum absolute atomic E-state index is 0.215. The Hall–Kier alpha value is -2.50. The van der Waals surface area contributed by atoms with Crippen molar-refractivity contribution in [2.45, 2.75) is 39.5 Å². The topological polar surface area (TPSA) is 42.3 Å². The number of hydrogen-bond acceptors (Lipinski definition) is 2. The Morgan fingerprint density at radius 3 is 2.64 bits per heavy atom. The van der Waals surface area contributed by atoms with Gasteiger partial charge in [0.15, 0.2) is 11.6 Å². The van der Waals surface area contributed by atoms with E-state index in [4.69, 9.17) is 0 Å². The van der Waals surface area contributed by atoms with Crippen LogP contribution in [0.25, 0.3) is 0 Å². The Kier molecular flexibility index (Phi) is 5.96. The third-order valence-corrected chi connectivity index (χ3v) is 5.83. The molecule has 3 rings (SSSR count). The Morgan fingerprint density at radius 1 is 1.18 bits per heavy atom. The Bertz CT molecular complexity index is 952. The Labute approximate surface area is 163 Å². The highest BCUT2D eigenvalue weighted by Gasteiger charge is 2.26. The van der Waals surface area contributed by atoms with Gasteiger partial charge in [-0.25, -0.2) is 8.78 Å². The van der Waals surface area contributed by atoms with E-state index >= 15 is 0 Å². The first-order chi connectivity index (χ1) is 13.3. The smallest absolute Gasteiger partial charge is 0.263 e. The number of carbonyl (C=O) groups is 1. The minimum atomic E-state index is -0.840. The minimum Gasteiger partial charge on any atom is -0.338 e. The van der Waals surface area contributed by atoms with Crippen molar-refractivity contribution in [1.29, 1.82) is 0 Å². The van der Waals surface area contributed by atoms with Crippen LogP contribution in [-0.4, -0.2) is 28.5 Å². The highest BCUT2D eigenvalue weighted by molar-refractivity contribution is 5.94. The molecule has 1 aliphatic heterocycles. The van der Waals surface area contributed by atoms with Crippen LogP contribution in [0.2, 0.25) is 0 Å². The van der Waals surface area contributed by atoms with Crippen LogP contribution in [0, 0.1) is 31.4 Å². The molecule has 0 aliphatic carbocycles. The molecule has 0 radical (unpaired) electrons. The number of rotatable bonds is 4. The van der Waals surface area contributed by atoms with Crippen molar-refractivity contribution in [3.05, 3.63) is 68.6 Å². The SMILES string of the molecule is Cc1cc(C(=O)N2CCCC(CCc3ccc(F)c(F)c3)C2)c(=O)n(C)c1C. The largest absolute Gasteiger partial charge is 0.338 e. The lowest BCUT2D eigenvalue weighted by Crippen LogP contribution is -2.42. The van der Waals surface area contributed by atoms with Gasteiger partial charge in [-0.1, -0.05) is 6.07 Å². The number of hydrogen-bond donors (Lipinski definition) is 0. The molecule has 1 aliphatic rings. The fourth-order valence-electron chi connectivity index (χ4n) is 3.85. The molecule has 1 fully saturated rings. The van der Waals surface area contributed by atoms with Crippen LogP contribution >= 0.6 is 0 Å². The summed E-state index contributed by atoms with van der Waals surface area (Å²) in [5.74, 6) is -1.61. The van der Waals surface area contributed by atoms with Crippen LogP contribution in [-0.2, 0) is 13.5 Å². The molecule has 150 valence electrons. The fourth-order valence-corrected chi connectivity index (χ4v) is 3.85. The van der Waals surface area contributed by atoms with Crippen LogP contribution < -0.4 is 5.56 Å². The third kappa shape index (κ3) is 4.16. The second-order valence-electron chi connectivity index (χ2n) is 7.74. The molecule has 1 aromatic carbocycles. The molecule has 0 N–H and O–H groups in total. The van der Waals surface area contributed by atoms with E-state index in [2.05, 4.69) is 0 Å². The van der Waals surface area contributed by atoms with Crippen molar-refractivity contribution in [1.82, 2.24) is 9.47 Å². The van der Waals surface area contributed by atoms with Crippen molar-refractivity contribution in [3.63, 3.8) is 0 Å². The second-order valence-corrected chi connectivity index (χ2v) is 7.74. The average molecular weight is 388 g/mol. The van der Waals surface area contributed by atoms with E-state index in [1.165, 1.54) is 10.6 Å². The zero-order valence-corrected chi connectivity index (χ0v) is 16.6. The Morgan fingerprint density at radius 2 is 1.93 bits per heavy atom. The molecule has 1 unspecified atom stereocenters. The highest BCUT2D eigenvalue weighted by Crippen LogP contribution is 2.23. The lowest BCUT2D eigenvalue weighted by molar-refractivity contribution is 0.0666. The molecule has 0 spiro atoms. The van der Waals surface area contributed by atoms with Crippen molar-refractivity contribution in [3.8, 4) is 0 Å². The maximum atomic E-state index is 13.4. The van der Waals surface area contributed by atoms with Gasteiger partial charge in [0.05, 0.1) is 0 Å². The molecule has 2 aromatic rings. The number of carbonyl (C=O) groups excluding carboxylic acids is 1. The summed E-state index contributed by atoms with van der Waals surface area (Å²) in [6.07, 6.45) is 3.28. The van der Waals surface area contributed by atoms with Crippen molar-refractivity contribution in [2.75, 3.05) is 13.1 Å². The summed E-state index contributed by atoms with van der Waals surface area (Å²) in [6, 6.07) is 5.67. The summed E-state index contributed by atoms with van der Waals surface area (Å²) in [6.45, 7) is 4.97. The van der Waals surface area contributed by atoms with Crippen molar-refractivity contribution >= 4 is 5.91 Å². The van der Waals surface area contributed by atoms with Crippen molar-refractivity contribution < 1.29 is 13.6 Å². The number of halogens is 2. The maximum absolute atomic E-state index is 13.4. The molecule has 0 saturated carbocycles. The number of nitrogens with zero attached hydrogens (tertiary/aromatic N) is 2. The molecule has 4 nitrogen and oxygen atoms in total. The lowest BCUT2D eigenvalue weighted by Gasteiger charge is -2.33. The van der Waals surface area contributed by atoms with Crippen LogP contribution in [0.5, 0.6) is 0 Å². The zero-order valence-electron chi connectivity index (χ0n) is 16.6. The van der Waals surface area contributed by atoms with Crippen LogP contribution in [0.1, 0.15) is 46.4 Å². The first-order valence-electron chi connectivity index (χ1n) is 9.68. The van der Waals surface area contributed by atoms with E-state index in [1.54, 1.807) is 24.1 Å². The van der Waals surface area contributed by atoms with Crippen molar-refractivity contribution in [2.24, 2.45) is 13.0 Å². The first kappa shape index (κ1) is 20.2. The van der Waals surface area contributed by atoms with Gasteiger partial charge in [0.2, 0.25) is 0 Å². The summed E-state index contributed by atoms with van der Waals surface area (Å²) in [7, 11) is 1.68. The van der Waals surface area contributed by atoms with Gasteiger partial charge in [-0.05, 0) is 74.8 Å². The molecule has 0 bridgehead atoms. The number of benzene rings is 1.